The van der Waals surface area contributed by atoms with Crippen LogP contribution in [0.4, 0.5) is 0 Å². The monoisotopic (exact) mass is 326 g/mol. The Morgan fingerprint density at radius 1 is 0.792 bits per heavy atom. The molecule has 6 nitrogen and oxygen atoms in total. The van der Waals surface area contributed by atoms with Crippen LogP contribution >= 0.6 is 0 Å². The van der Waals surface area contributed by atoms with Crippen molar-refractivity contribution in [3.63, 3.8) is 0 Å². The van der Waals surface area contributed by atoms with Crippen LogP contribution in [-0.4, -0.2) is 36.1 Å². The maximum atomic E-state index is 12.0. The van der Waals surface area contributed by atoms with Gasteiger partial charge < -0.3 is 9.47 Å². The molecule has 0 aromatic carbocycles. The van der Waals surface area contributed by atoms with Crippen molar-refractivity contribution in [2.45, 2.75) is 25.7 Å². The van der Waals surface area contributed by atoms with Crippen molar-refractivity contribution in [3.8, 4) is 0 Å². The number of methoxy groups -OCH3 is 2. The number of esters is 2. The SMILES string of the molecule is COC(=O)c1cc2cnc1CCc1ncc(cc1C(=O)OC)CC2. The molecule has 0 amide bonds. The molecule has 4 bridgehead atoms. The predicted octanol–water partition coefficient (Wildman–Crippen LogP) is 1.93. The Kier molecular flexibility index (Phi) is 4.55. The second kappa shape index (κ2) is 6.78. The van der Waals surface area contributed by atoms with Gasteiger partial charge in [0, 0.05) is 12.4 Å². The lowest BCUT2D eigenvalue weighted by molar-refractivity contribution is 0.0588. The van der Waals surface area contributed by atoms with E-state index in [1.165, 1.54) is 14.2 Å². The summed E-state index contributed by atoms with van der Waals surface area (Å²) in [6.07, 6.45) is 5.95. The highest BCUT2D eigenvalue weighted by Crippen LogP contribution is 2.19. The average molecular weight is 326 g/mol. The smallest absolute Gasteiger partial charge is 0.339 e. The standard InChI is InChI=1S/C18H18N2O4/c1-23-17(21)13-7-11-3-4-12-8-14(18(22)24-2)16(20-10-12)6-5-15(13)19-9-11/h7-10H,3-6H2,1-2H3. The van der Waals surface area contributed by atoms with Crippen molar-refractivity contribution in [1.29, 1.82) is 0 Å². The Labute approximate surface area is 139 Å². The number of carbonyl (C=O) groups is 2. The molecule has 4 aliphatic rings. The van der Waals surface area contributed by atoms with E-state index in [1.807, 2.05) is 12.1 Å². The van der Waals surface area contributed by atoms with Gasteiger partial charge in [-0.05, 0) is 48.9 Å². The summed E-state index contributed by atoms with van der Waals surface area (Å²) < 4.78 is 9.73. The zero-order valence-corrected chi connectivity index (χ0v) is 13.7. The lowest BCUT2D eigenvalue weighted by Gasteiger charge is -2.14. The summed E-state index contributed by atoms with van der Waals surface area (Å²) in [6, 6.07) is 3.69. The molecular weight excluding hydrogens is 308 g/mol. The van der Waals surface area contributed by atoms with E-state index < -0.39 is 11.9 Å². The second-order valence-corrected chi connectivity index (χ2v) is 5.66. The normalized spacial score (nSPS) is 13.1. The molecule has 0 saturated carbocycles. The number of rotatable bonds is 2. The third-order valence-corrected chi connectivity index (χ3v) is 4.17. The topological polar surface area (TPSA) is 78.4 Å². The first kappa shape index (κ1) is 16.1. The summed E-state index contributed by atoms with van der Waals surface area (Å²) in [4.78, 5) is 32.9. The summed E-state index contributed by atoms with van der Waals surface area (Å²) in [5.74, 6) is -0.794. The zero-order valence-electron chi connectivity index (χ0n) is 13.7. The van der Waals surface area contributed by atoms with Crippen LogP contribution in [-0.2, 0) is 35.2 Å². The van der Waals surface area contributed by atoms with E-state index in [0.717, 1.165) is 11.1 Å². The molecule has 0 fully saturated rings. The fourth-order valence-corrected chi connectivity index (χ4v) is 2.84. The number of hydrogen-bond donors (Lipinski definition) is 0. The molecule has 124 valence electrons. The minimum Gasteiger partial charge on any atom is -0.465 e. The van der Waals surface area contributed by atoms with Gasteiger partial charge in [0.1, 0.15) is 0 Å². The van der Waals surface area contributed by atoms with Gasteiger partial charge in [-0.25, -0.2) is 9.59 Å². The Bertz CT molecular complexity index is 734. The number of carbonyl (C=O) groups excluding carboxylic acids is 2. The van der Waals surface area contributed by atoms with Crippen LogP contribution in [0.3, 0.4) is 0 Å². The van der Waals surface area contributed by atoms with Crippen LogP contribution < -0.4 is 0 Å². The first-order valence-electron chi connectivity index (χ1n) is 7.74. The summed E-state index contributed by atoms with van der Waals surface area (Å²) in [5, 5.41) is 0. The number of aryl methyl sites for hydroxylation is 4. The maximum absolute atomic E-state index is 12.0. The molecule has 0 atom stereocenters. The summed E-state index contributed by atoms with van der Waals surface area (Å²) in [6.45, 7) is 0. The Hall–Kier alpha value is -2.76. The van der Waals surface area contributed by atoms with E-state index in [1.54, 1.807) is 12.4 Å². The van der Waals surface area contributed by atoms with Crippen molar-refractivity contribution in [1.82, 2.24) is 9.97 Å². The van der Waals surface area contributed by atoms with E-state index in [-0.39, 0.29) is 0 Å². The van der Waals surface area contributed by atoms with Gasteiger partial charge in [-0.3, -0.25) is 9.97 Å². The van der Waals surface area contributed by atoms with Crippen molar-refractivity contribution >= 4 is 11.9 Å². The van der Waals surface area contributed by atoms with E-state index in [2.05, 4.69) is 9.97 Å². The van der Waals surface area contributed by atoms with E-state index >= 15 is 0 Å². The predicted molar refractivity (Wildman–Crippen MR) is 86.0 cm³/mol. The number of aromatic nitrogens is 2. The molecule has 2 aromatic rings. The summed E-state index contributed by atoms with van der Waals surface area (Å²) in [5.41, 5.74) is 4.14. The third kappa shape index (κ3) is 3.13. The molecule has 24 heavy (non-hydrogen) atoms. The molecule has 5 heterocycles. The van der Waals surface area contributed by atoms with Crippen LogP contribution in [0.25, 0.3) is 0 Å². The largest absolute Gasteiger partial charge is 0.465 e. The molecule has 0 N–H and O–H groups in total. The lowest BCUT2D eigenvalue weighted by atomic mass is 9.97. The summed E-state index contributed by atoms with van der Waals surface area (Å²) in [7, 11) is 2.72. The lowest BCUT2D eigenvalue weighted by Crippen LogP contribution is -2.14. The number of hydrogen-bond acceptors (Lipinski definition) is 6. The van der Waals surface area contributed by atoms with Crippen LogP contribution in [0.1, 0.15) is 43.2 Å². The van der Waals surface area contributed by atoms with Gasteiger partial charge in [-0.2, -0.15) is 0 Å². The molecule has 6 heteroatoms. The fraction of sp³-hybridized carbons (Fsp3) is 0.333. The van der Waals surface area contributed by atoms with Crippen molar-refractivity contribution in [3.05, 3.63) is 58.2 Å². The fourth-order valence-electron chi connectivity index (χ4n) is 2.84. The highest BCUT2D eigenvalue weighted by molar-refractivity contribution is 5.91. The summed E-state index contributed by atoms with van der Waals surface area (Å²) >= 11 is 0. The molecule has 2 aromatic heterocycles. The molecule has 0 unspecified atom stereocenters. The van der Waals surface area contributed by atoms with Crippen molar-refractivity contribution < 1.29 is 19.1 Å². The second-order valence-electron chi connectivity index (χ2n) is 5.66. The Morgan fingerprint density at radius 3 is 1.58 bits per heavy atom. The van der Waals surface area contributed by atoms with E-state index in [0.29, 0.717) is 48.2 Å². The van der Waals surface area contributed by atoms with Crippen LogP contribution in [0.2, 0.25) is 0 Å². The molecule has 0 radical (unpaired) electrons. The Balaban J connectivity index is 2.04. The maximum Gasteiger partial charge on any atom is 0.339 e. The number of pyridine rings is 2. The van der Waals surface area contributed by atoms with Gasteiger partial charge in [0.05, 0.1) is 36.7 Å². The quantitative estimate of drug-likeness (QED) is 0.785. The molecule has 0 saturated heterocycles. The molecule has 1 aliphatic carbocycles. The first-order chi connectivity index (χ1) is 11.6. The third-order valence-electron chi connectivity index (χ3n) is 4.17. The van der Waals surface area contributed by atoms with E-state index in [9.17, 15) is 9.59 Å². The highest BCUT2D eigenvalue weighted by Gasteiger charge is 2.19. The van der Waals surface area contributed by atoms with Gasteiger partial charge in [0.15, 0.2) is 0 Å². The minimum atomic E-state index is -0.397. The highest BCUT2D eigenvalue weighted by atomic mass is 16.5. The molecule has 0 spiro atoms. The van der Waals surface area contributed by atoms with E-state index in [4.69, 9.17) is 9.47 Å². The van der Waals surface area contributed by atoms with Gasteiger partial charge in [-0.15, -0.1) is 0 Å². The van der Waals surface area contributed by atoms with Crippen LogP contribution in [0.5, 0.6) is 0 Å². The van der Waals surface area contributed by atoms with Gasteiger partial charge >= 0.3 is 11.9 Å². The molecular formula is C18H18N2O4. The minimum absolute atomic E-state index is 0.397. The first-order valence-corrected chi connectivity index (χ1v) is 7.74. The van der Waals surface area contributed by atoms with Crippen LogP contribution in [0.15, 0.2) is 24.5 Å². The van der Waals surface area contributed by atoms with Gasteiger partial charge in [0.25, 0.3) is 0 Å². The average Bonchev–Trinajstić information content (AvgIpc) is 2.62. The molecule has 6 rings (SSSR count). The van der Waals surface area contributed by atoms with Gasteiger partial charge in [-0.1, -0.05) is 0 Å². The number of nitrogens with zero attached hydrogens (tertiary/aromatic N) is 2. The Morgan fingerprint density at radius 2 is 1.21 bits per heavy atom. The zero-order chi connectivity index (χ0) is 17.1. The van der Waals surface area contributed by atoms with Crippen molar-refractivity contribution in [2.75, 3.05) is 14.2 Å². The number of ether oxygens (including phenoxy) is 2. The van der Waals surface area contributed by atoms with Gasteiger partial charge in [0.2, 0.25) is 0 Å². The molecule has 3 aliphatic heterocycles. The van der Waals surface area contributed by atoms with Crippen LogP contribution in [0, 0.1) is 0 Å². The van der Waals surface area contributed by atoms with Crippen molar-refractivity contribution in [2.24, 2.45) is 0 Å².